The standard InChI is InChI=1S/C34H43N3O6S/c1-5-30(34(39)35-27-11-7-6-8-12-27)36(23-26-17-19-28(42-3)20-18-26)33(38)24-37(31-13-9-10-14-32(31)43-4)44(40,41)29-21-15-25(2)16-22-29/h9-10,13-22,27,30H,5-8,11-12,23-24H2,1-4H3,(H,35,39)/t30-/m0/s1. The molecule has 3 aromatic rings. The number of anilines is 1. The van der Waals surface area contributed by atoms with Crippen LogP contribution in [0.1, 0.15) is 56.6 Å². The predicted octanol–water partition coefficient (Wildman–Crippen LogP) is 5.46. The number of methoxy groups -OCH3 is 2. The van der Waals surface area contributed by atoms with E-state index in [-0.39, 0.29) is 29.1 Å². The molecular formula is C34H43N3O6S. The van der Waals surface area contributed by atoms with Crippen LogP contribution < -0.4 is 19.1 Å². The SMILES string of the molecule is CC[C@@H](C(=O)NC1CCCCC1)N(Cc1ccc(OC)cc1)C(=O)CN(c1ccccc1OC)S(=O)(=O)c1ccc(C)cc1. The van der Waals surface area contributed by atoms with Crippen molar-refractivity contribution in [3.63, 3.8) is 0 Å². The molecule has 2 amide bonds. The molecule has 0 heterocycles. The molecule has 1 aliphatic carbocycles. The Morgan fingerprint density at radius 1 is 0.909 bits per heavy atom. The van der Waals surface area contributed by atoms with E-state index >= 15 is 0 Å². The monoisotopic (exact) mass is 621 g/mol. The van der Waals surface area contributed by atoms with Crippen LogP contribution in [0.5, 0.6) is 11.5 Å². The summed E-state index contributed by atoms with van der Waals surface area (Å²) >= 11 is 0. The van der Waals surface area contributed by atoms with Crippen molar-refractivity contribution < 1.29 is 27.5 Å². The molecule has 1 aliphatic rings. The van der Waals surface area contributed by atoms with Crippen LogP contribution in [0.4, 0.5) is 5.69 Å². The van der Waals surface area contributed by atoms with Gasteiger partial charge in [0.05, 0.1) is 24.8 Å². The van der Waals surface area contributed by atoms with Crippen molar-refractivity contribution in [1.82, 2.24) is 10.2 Å². The Balaban J connectivity index is 1.73. The average Bonchev–Trinajstić information content (AvgIpc) is 3.04. The summed E-state index contributed by atoms with van der Waals surface area (Å²) in [6.07, 6.45) is 5.44. The summed E-state index contributed by atoms with van der Waals surface area (Å²) < 4.78 is 40.2. The number of carbonyl (C=O) groups excluding carboxylic acids is 2. The third-order valence-electron chi connectivity index (χ3n) is 8.09. The Morgan fingerprint density at radius 3 is 2.18 bits per heavy atom. The zero-order valence-electron chi connectivity index (χ0n) is 26.0. The number of para-hydroxylation sites is 2. The number of nitrogens with zero attached hydrogens (tertiary/aromatic N) is 2. The fraction of sp³-hybridized carbons (Fsp3) is 0.412. The number of carbonyl (C=O) groups is 2. The molecule has 1 N–H and O–H groups in total. The Labute approximate surface area is 261 Å². The average molecular weight is 622 g/mol. The second-order valence-electron chi connectivity index (χ2n) is 11.1. The maximum atomic E-state index is 14.4. The molecule has 1 atom stereocenters. The number of amides is 2. The van der Waals surface area contributed by atoms with Crippen molar-refractivity contribution in [2.45, 2.75) is 75.9 Å². The third-order valence-corrected chi connectivity index (χ3v) is 9.87. The highest BCUT2D eigenvalue weighted by molar-refractivity contribution is 7.92. The Morgan fingerprint density at radius 2 is 1.57 bits per heavy atom. The lowest BCUT2D eigenvalue weighted by Crippen LogP contribution is -2.54. The van der Waals surface area contributed by atoms with E-state index in [2.05, 4.69) is 5.32 Å². The number of nitrogens with one attached hydrogen (secondary N) is 1. The molecule has 10 heteroatoms. The highest BCUT2D eigenvalue weighted by atomic mass is 32.2. The quantitative estimate of drug-likeness (QED) is 0.272. The zero-order valence-corrected chi connectivity index (χ0v) is 26.8. The fourth-order valence-electron chi connectivity index (χ4n) is 5.58. The van der Waals surface area contributed by atoms with E-state index in [1.54, 1.807) is 55.6 Å². The molecule has 0 radical (unpaired) electrons. The summed E-state index contributed by atoms with van der Waals surface area (Å²) in [6, 6.07) is 19.7. The Kier molecular flexibility index (Phi) is 11.3. The molecule has 44 heavy (non-hydrogen) atoms. The van der Waals surface area contributed by atoms with E-state index < -0.39 is 28.5 Å². The van der Waals surface area contributed by atoms with Crippen LogP contribution in [0.25, 0.3) is 0 Å². The lowest BCUT2D eigenvalue weighted by atomic mass is 9.95. The molecule has 0 bridgehead atoms. The van der Waals surface area contributed by atoms with Gasteiger partial charge in [0.25, 0.3) is 10.0 Å². The maximum Gasteiger partial charge on any atom is 0.264 e. The van der Waals surface area contributed by atoms with Crippen molar-refractivity contribution in [3.8, 4) is 11.5 Å². The number of sulfonamides is 1. The largest absolute Gasteiger partial charge is 0.497 e. The van der Waals surface area contributed by atoms with E-state index in [0.29, 0.717) is 17.9 Å². The van der Waals surface area contributed by atoms with E-state index in [1.165, 1.54) is 24.1 Å². The minimum Gasteiger partial charge on any atom is -0.497 e. The molecule has 9 nitrogen and oxygen atoms in total. The summed E-state index contributed by atoms with van der Waals surface area (Å²) in [7, 11) is -1.17. The number of benzene rings is 3. The van der Waals surface area contributed by atoms with Gasteiger partial charge in [0.2, 0.25) is 11.8 Å². The minimum atomic E-state index is -4.20. The molecule has 4 rings (SSSR count). The first-order valence-corrected chi connectivity index (χ1v) is 16.6. The van der Waals surface area contributed by atoms with Crippen molar-refractivity contribution in [2.75, 3.05) is 25.1 Å². The second kappa shape index (κ2) is 15.1. The lowest BCUT2D eigenvalue weighted by molar-refractivity contribution is -0.140. The molecule has 0 spiro atoms. The first-order valence-electron chi connectivity index (χ1n) is 15.1. The van der Waals surface area contributed by atoms with Gasteiger partial charge in [-0.1, -0.05) is 68.1 Å². The number of hydrogen-bond acceptors (Lipinski definition) is 6. The molecule has 0 aromatic heterocycles. The third kappa shape index (κ3) is 7.91. The highest BCUT2D eigenvalue weighted by Crippen LogP contribution is 2.33. The number of rotatable bonds is 13. The van der Waals surface area contributed by atoms with Crippen LogP contribution in [-0.4, -0.2) is 58.0 Å². The summed E-state index contributed by atoms with van der Waals surface area (Å²) in [6.45, 7) is 3.32. The van der Waals surface area contributed by atoms with Crippen LogP contribution in [0.2, 0.25) is 0 Å². The van der Waals surface area contributed by atoms with Gasteiger partial charge in [-0.3, -0.25) is 13.9 Å². The smallest absolute Gasteiger partial charge is 0.264 e. The second-order valence-corrected chi connectivity index (χ2v) is 13.0. The van der Waals surface area contributed by atoms with Gasteiger partial charge in [-0.15, -0.1) is 0 Å². The first-order chi connectivity index (χ1) is 21.2. The topological polar surface area (TPSA) is 105 Å². The van der Waals surface area contributed by atoms with Gasteiger partial charge in [0, 0.05) is 12.6 Å². The molecule has 236 valence electrons. The highest BCUT2D eigenvalue weighted by Gasteiger charge is 2.35. The molecular weight excluding hydrogens is 578 g/mol. The van der Waals surface area contributed by atoms with Crippen molar-refractivity contribution in [3.05, 3.63) is 83.9 Å². The van der Waals surface area contributed by atoms with Crippen molar-refractivity contribution >= 4 is 27.5 Å². The van der Waals surface area contributed by atoms with E-state index in [1.807, 2.05) is 26.0 Å². The molecule has 0 saturated heterocycles. The minimum absolute atomic E-state index is 0.0468. The van der Waals surface area contributed by atoms with Gasteiger partial charge in [0.1, 0.15) is 24.1 Å². The predicted molar refractivity (Wildman–Crippen MR) is 171 cm³/mol. The molecule has 3 aromatic carbocycles. The maximum absolute atomic E-state index is 14.4. The van der Waals surface area contributed by atoms with Crippen molar-refractivity contribution in [2.24, 2.45) is 0 Å². The van der Waals surface area contributed by atoms with Crippen LogP contribution >= 0.6 is 0 Å². The van der Waals surface area contributed by atoms with Gasteiger partial charge in [-0.25, -0.2) is 8.42 Å². The summed E-state index contributed by atoms with van der Waals surface area (Å²) in [5, 5.41) is 3.17. The number of ether oxygens (including phenoxy) is 2. The number of hydrogen-bond donors (Lipinski definition) is 1. The molecule has 1 saturated carbocycles. The summed E-state index contributed by atoms with van der Waals surface area (Å²) in [4.78, 5) is 29.6. The Hall–Kier alpha value is -4.05. The first kappa shape index (κ1) is 32.9. The van der Waals surface area contributed by atoms with Crippen LogP contribution in [0.15, 0.2) is 77.7 Å². The fourth-order valence-corrected chi connectivity index (χ4v) is 7.00. The van der Waals surface area contributed by atoms with Crippen LogP contribution in [0, 0.1) is 6.92 Å². The van der Waals surface area contributed by atoms with Crippen molar-refractivity contribution in [1.29, 1.82) is 0 Å². The lowest BCUT2D eigenvalue weighted by Gasteiger charge is -2.34. The van der Waals surface area contributed by atoms with Gasteiger partial charge in [-0.05, 0) is 68.1 Å². The van der Waals surface area contributed by atoms with Gasteiger partial charge >= 0.3 is 0 Å². The van der Waals surface area contributed by atoms with Crippen LogP contribution in [0.3, 0.4) is 0 Å². The van der Waals surface area contributed by atoms with Crippen LogP contribution in [-0.2, 0) is 26.2 Å². The summed E-state index contributed by atoms with van der Waals surface area (Å²) in [5.41, 5.74) is 1.92. The molecule has 0 aliphatic heterocycles. The summed E-state index contributed by atoms with van der Waals surface area (Å²) in [5.74, 6) is 0.236. The van der Waals surface area contributed by atoms with E-state index in [0.717, 1.165) is 47.5 Å². The molecule has 1 fully saturated rings. The van der Waals surface area contributed by atoms with Gasteiger partial charge in [0.15, 0.2) is 0 Å². The normalized spacial score (nSPS) is 14.4. The molecule has 0 unspecified atom stereocenters. The zero-order chi connectivity index (χ0) is 31.7. The van der Waals surface area contributed by atoms with E-state index in [4.69, 9.17) is 9.47 Å². The van der Waals surface area contributed by atoms with Gasteiger partial charge in [-0.2, -0.15) is 0 Å². The van der Waals surface area contributed by atoms with Gasteiger partial charge < -0.3 is 19.7 Å². The Bertz CT molecular complexity index is 1500. The number of aryl methyl sites for hydroxylation is 1. The van der Waals surface area contributed by atoms with E-state index in [9.17, 15) is 18.0 Å².